The summed E-state index contributed by atoms with van der Waals surface area (Å²) in [5.74, 6) is 1.17. The fourth-order valence-corrected chi connectivity index (χ4v) is 3.66. The number of halogens is 1. The van der Waals surface area contributed by atoms with Crippen molar-refractivity contribution in [1.29, 1.82) is 0 Å². The molecule has 2 heterocycles. The number of furan rings is 1. The van der Waals surface area contributed by atoms with E-state index in [0.717, 1.165) is 39.2 Å². The zero-order valence-electron chi connectivity index (χ0n) is 16.8. The Morgan fingerprint density at radius 3 is 2.62 bits per heavy atom. The minimum atomic E-state index is -0.237. The van der Waals surface area contributed by atoms with Crippen LogP contribution in [0.2, 0.25) is 0 Å². The normalized spacial score (nSPS) is 11.2. The van der Waals surface area contributed by atoms with E-state index in [-0.39, 0.29) is 11.7 Å². The van der Waals surface area contributed by atoms with Gasteiger partial charge in [0.05, 0.1) is 6.54 Å². The first-order valence-electron chi connectivity index (χ1n) is 9.60. The van der Waals surface area contributed by atoms with Gasteiger partial charge in [-0.3, -0.25) is 4.79 Å². The number of hydrogen-bond acceptors (Lipinski definition) is 2. The minimum Gasteiger partial charge on any atom is -0.465 e. The topological polar surface area (TPSA) is 47.2 Å². The molecular formula is C24H23FN2O2. The van der Waals surface area contributed by atoms with Gasteiger partial charge in [-0.2, -0.15) is 0 Å². The van der Waals surface area contributed by atoms with Crippen molar-refractivity contribution in [3.8, 4) is 0 Å². The zero-order chi connectivity index (χ0) is 20.5. The zero-order valence-corrected chi connectivity index (χ0v) is 16.8. The van der Waals surface area contributed by atoms with Crippen LogP contribution in [-0.2, 0) is 13.1 Å². The van der Waals surface area contributed by atoms with Gasteiger partial charge in [-0.05, 0) is 74.4 Å². The number of aryl methyl sites for hydroxylation is 2. The molecule has 0 saturated carbocycles. The molecule has 0 aliphatic heterocycles. The lowest BCUT2D eigenvalue weighted by Crippen LogP contribution is -2.22. The van der Waals surface area contributed by atoms with Gasteiger partial charge in [0, 0.05) is 28.7 Å². The Labute approximate surface area is 169 Å². The summed E-state index contributed by atoms with van der Waals surface area (Å²) in [4.78, 5) is 12.6. The Balaban J connectivity index is 1.60. The molecule has 0 bridgehead atoms. The fraction of sp³-hybridized carbons (Fsp3) is 0.208. The molecular weight excluding hydrogens is 367 g/mol. The second kappa shape index (κ2) is 7.59. The maximum Gasteiger partial charge on any atom is 0.251 e. The first-order valence-corrected chi connectivity index (χ1v) is 9.60. The van der Waals surface area contributed by atoms with Gasteiger partial charge in [0.25, 0.3) is 5.91 Å². The number of amides is 1. The standard InChI is InChI=1S/C24H23FN2O2/c1-15-7-9-21(29-15)13-26-24(28)19-8-10-23-22(12-19)16(2)17(3)27(23)14-18-5-4-6-20(25)11-18/h4-12H,13-14H2,1-3H3,(H,26,28). The first-order chi connectivity index (χ1) is 13.9. The Hall–Kier alpha value is -3.34. The van der Waals surface area contributed by atoms with E-state index in [1.807, 2.05) is 57.2 Å². The van der Waals surface area contributed by atoms with Gasteiger partial charge in [-0.25, -0.2) is 4.39 Å². The first kappa shape index (κ1) is 19.0. The van der Waals surface area contributed by atoms with Crippen LogP contribution in [0.25, 0.3) is 10.9 Å². The lowest BCUT2D eigenvalue weighted by molar-refractivity contribution is 0.0948. The van der Waals surface area contributed by atoms with Crippen LogP contribution in [0.1, 0.15) is 38.7 Å². The van der Waals surface area contributed by atoms with Crippen LogP contribution in [0.15, 0.2) is 59.0 Å². The smallest absolute Gasteiger partial charge is 0.251 e. The summed E-state index contributed by atoms with van der Waals surface area (Å²) in [6.45, 7) is 6.90. The SMILES string of the molecule is Cc1ccc(CNC(=O)c2ccc3c(c2)c(C)c(C)n3Cc2cccc(F)c2)o1. The molecule has 2 aromatic heterocycles. The third-order valence-corrected chi connectivity index (χ3v) is 5.35. The van der Waals surface area contributed by atoms with E-state index in [1.54, 1.807) is 12.1 Å². The van der Waals surface area contributed by atoms with Crippen LogP contribution in [0.4, 0.5) is 4.39 Å². The van der Waals surface area contributed by atoms with Crippen LogP contribution in [0.3, 0.4) is 0 Å². The van der Waals surface area contributed by atoms with Crippen molar-refractivity contribution < 1.29 is 13.6 Å². The van der Waals surface area contributed by atoms with Crippen molar-refractivity contribution in [2.24, 2.45) is 0 Å². The van der Waals surface area contributed by atoms with E-state index in [1.165, 1.54) is 6.07 Å². The molecule has 0 fully saturated rings. The molecule has 1 N–H and O–H groups in total. The van der Waals surface area contributed by atoms with Crippen molar-refractivity contribution in [3.63, 3.8) is 0 Å². The second-order valence-electron chi connectivity index (χ2n) is 7.35. The average Bonchev–Trinajstić information content (AvgIpc) is 3.23. The predicted octanol–water partition coefficient (Wildman–Crippen LogP) is 5.28. The third-order valence-electron chi connectivity index (χ3n) is 5.35. The molecule has 1 amide bonds. The molecule has 0 atom stereocenters. The summed E-state index contributed by atoms with van der Waals surface area (Å²) in [6, 6.07) is 16.1. The van der Waals surface area contributed by atoms with Crippen LogP contribution in [-0.4, -0.2) is 10.5 Å². The van der Waals surface area contributed by atoms with Crippen LogP contribution in [0.5, 0.6) is 0 Å². The van der Waals surface area contributed by atoms with E-state index < -0.39 is 0 Å². The summed E-state index contributed by atoms with van der Waals surface area (Å²) in [6.07, 6.45) is 0. The van der Waals surface area contributed by atoms with Gasteiger partial charge in [0.1, 0.15) is 17.3 Å². The van der Waals surface area contributed by atoms with Gasteiger partial charge >= 0.3 is 0 Å². The molecule has 0 spiro atoms. The van der Waals surface area contributed by atoms with Gasteiger partial charge < -0.3 is 14.3 Å². The molecule has 0 saturated heterocycles. The van der Waals surface area contributed by atoms with Gasteiger partial charge in [-0.15, -0.1) is 0 Å². The lowest BCUT2D eigenvalue weighted by Gasteiger charge is -2.09. The Bertz CT molecular complexity index is 1200. The monoisotopic (exact) mass is 390 g/mol. The van der Waals surface area contributed by atoms with E-state index >= 15 is 0 Å². The highest BCUT2D eigenvalue weighted by Gasteiger charge is 2.15. The maximum atomic E-state index is 13.6. The number of carbonyl (C=O) groups is 1. The number of aromatic nitrogens is 1. The van der Waals surface area contributed by atoms with Crippen LogP contribution in [0, 0.1) is 26.6 Å². The molecule has 148 valence electrons. The van der Waals surface area contributed by atoms with Crippen molar-refractivity contribution in [3.05, 3.63) is 94.3 Å². The number of carbonyl (C=O) groups excluding carboxylic acids is 1. The highest BCUT2D eigenvalue weighted by molar-refractivity contribution is 5.99. The van der Waals surface area contributed by atoms with Gasteiger partial charge in [0.15, 0.2) is 0 Å². The molecule has 4 nitrogen and oxygen atoms in total. The Morgan fingerprint density at radius 2 is 1.90 bits per heavy atom. The fourth-order valence-electron chi connectivity index (χ4n) is 3.66. The molecule has 5 heteroatoms. The highest BCUT2D eigenvalue weighted by atomic mass is 19.1. The number of nitrogens with one attached hydrogen (secondary N) is 1. The van der Waals surface area contributed by atoms with Crippen molar-refractivity contribution >= 4 is 16.8 Å². The number of fused-ring (bicyclic) bond motifs is 1. The van der Waals surface area contributed by atoms with Crippen LogP contribution >= 0.6 is 0 Å². The van der Waals surface area contributed by atoms with Gasteiger partial charge in [-0.1, -0.05) is 12.1 Å². The number of benzene rings is 2. The maximum absolute atomic E-state index is 13.6. The summed E-state index contributed by atoms with van der Waals surface area (Å²) in [5, 5.41) is 3.93. The molecule has 4 rings (SSSR count). The largest absolute Gasteiger partial charge is 0.465 e. The van der Waals surface area contributed by atoms with Crippen molar-refractivity contribution in [2.45, 2.75) is 33.9 Å². The average molecular weight is 390 g/mol. The predicted molar refractivity (Wildman–Crippen MR) is 112 cm³/mol. The third kappa shape index (κ3) is 3.81. The lowest BCUT2D eigenvalue weighted by atomic mass is 10.1. The summed E-state index contributed by atoms with van der Waals surface area (Å²) in [5.41, 5.74) is 4.76. The summed E-state index contributed by atoms with van der Waals surface area (Å²) in [7, 11) is 0. The number of nitrogens with zero attached hydrogens (tertiary/aromatic N) is 1. The summed E-state index contributed by atoms with van der Waals surface area (Å²) >= 11 is 0. The van der Waals surface area contributed by atoms with E-state index in [0.29, 0.717) is 18.7 Å². The Kier molecular flexibility index (Phi) is 4.97. The molecule has 0 unspecified atom stereocenters. The van der Waals surface area contributed by atoms with Crippen molar-refractivity contribution in [1.82, 2.24) is 9.88 Å². The molecule has 0 radical (unpaired) electrons. The van der Waals surface area contributed by atoms with E-state index in [2.05, 4.69) is 9.88 Å². The molecule has 0 aliphatic rings. The minimum absolute atomic E-state index is 0.143. The van der Waals surface area contributed by atoms with E-state index in [9.17, 15) is 9.18 Å². The quantitative estimate of drug-likeness (QED) is 0.504. The molecule has 29 heavy (non-hydrogen) atoms. The number of hydrogen-bond donors (Lipinski definition) is 1. The second-order valence-corrected chi connectivity index (χ2v) is 7.35. The molecule has 4 aromatic rings. The van der Waals surface area contributed by atoms with E-state index in [4.69, 9.17) is 4.42 Å². The van der Waals surface area contributed by atoms with Crippen LogP contribution < -0.4 is 5.32 Å². The molecule has 0 aliphatic carbocycles. The van der Waals surface area contributed by atoms with Gasteiger partial charge in [0.2, 0.25) is 0 Å². The van der Waals surface area contributed by atoms with Crippen molar-refractivity contribution in [2.75, 3.05) is 0 Å². The summed E-state index contributed by atoms with van der Waals surface area (Å²) < 4.78 is 21.2. The highest BCUT2D eigenvalue weighted by Crippen LogP contribution is 2.27. The molecule has 2 aromatic carbocycles. The Morgan fingerprint density at radius 1 is 1.07 bits per heavy atom. The number of rotatable bonds is 5.